The van der Waals surface area contributed by atoms with Crippen LogP contribution < -0.4 is 5.06 Å². The second kappa shape index (κ2) is 6.72. The second-order valence-electron chi connectivity index (χ2n) is 5.63. The Morgan fingerprint density at radius 2 is 1.92 bits per heavy atom. The molecule has 1 aliphatic carbocycles. The van der Waals surface area contributed by atoms with Gasteiger partial charge in [0.15, 0.2) is 0 Å². The number of aryl methyl sites for hydroxylation is 1. The van der Waals surface area contributed by atoms with Crippen molar-refractivity contribution in [2.24, 2.45) is 0 Å². The Bertz CT molecular complexity index is 660. The number of hydrogen-bond acceptors (Lipinski definition) is 5. The van der Waals surface area contributed by atoms with Crippen LogP contribution in [0.5, 0.6) is 0 Å². The first-order chi connectivity index (χ1) is 11.2. The summed E-state index contributed by atoms with van der Waals surface area (Å²) < 4.78 is 37.7. The average Bonchev–Trinajstić information content (AvgIpc) is 2.81. The zero-order chi connectivity index (χ0) is 18.1. The van der Waals surface area contributed by atoms with Crippen molar-refractivity contribution in [2.45, 2.75) is 38.7 Å². The Morgan fingerprint density at radius 1 is 1.25 bits per heavy atom. The molecular formula is C16H19F2NO5. The number of hydrogen-bond donors (Lipinski definition) is 0. The fourth-order valence-electron chi connectivity index (χ4n) is 2.57. The maximum atomic E-state index is 14.0. The first-order valence-electron chi connectivity index (χ1n) is 7.39. The standard InChI is InChI=1S/C16H19F2NO5/c1-9(2)24-15(21)19(23-4)13-8-12-10(5-6-16(12,17)18)7-11(13)14(20)22-3/h7-9H,5-6H2,1-4H3. The van der Waals surface area contributed by atoms with Gasteiger partial charge in [0.1, 0.15) is 0 Å². The van der Waals surface area contributed by atoms with Crippen molar-refractivity contribution in [3.8, 4) is 0 Å². The van der Waals surface area contributed by atoms with Crippen molar-refractivity contribution in [1.82, 2.24) is 0 Å². The first kappa shape index (κ1) is 18.1. The van der Waals surface area contributed by atoms with E-state index in [0.29, 0.717) is 10.6 Å². The molecule has 0 heterocycles. The second-order valence-corrected chi connectivity index (χ2v) is 5.63. The number of hydroxylamine groups is 1. The van der Waals surface area contributed by atoms with Gasteiger partial charge in [-0.05, 0) is 38.0 Å². The van der Waals surface area contributed by atoms with E-state index in [1.165, 1.54) is 13.2 Å². The maximum Gasteiger partial charge on any atom is 0.439 e. The number of ether oxygens (including phenoxy) is 2. The van der Waals surface area contributed by atoms with Gasteiger partial charge in [0.25, 0.3) is 5.92 Å². The number of nitrogens with zero attached hydrogens (tertiary/aromatic N) is 1. The fourth-order valence-corrected chi connectivity index (χ4v) is 2.57. The van der Waals surface area contributed by atoms with Crippen LogP contribution >= 0.6 is 0 Å². The number of anilines is 1. The van der Waals surface area contributed by atoms with E-state index in [2.05, 4.69) is 4.74 Å². The van der Waals surface area contributed by atoms with Crippen molar-refractivity contribution in [1.29, 1.82) is 0 Å². The number of amides is 1. The molecule has 132 valence electrons. The Morgan fingerprint density at radius 3 is 2.46 bits per heavy atom. The van der Waals surface area contributed by atoms with Crippen LogP contribution in [0.4, 0.5) is 19.3 Å². The topological polar surface area (TPSA) is 65.1 Å². The Balaban J connectivity index is 2.57. The van der Waals surface area contributed by atoms with Crippen LogP contribution in [0, 0.1) is 0 Å². The number of esters is 1. The lowest BCUT2D eigenvalue weighted by Crippen LogP contribution is -2.33. The summed E-state index contributed by atoms with van der Waals surface area (Å²) in [6, 6.07) is 2.39. The predicted octanol–water partition coefficient (Wildman–Crippen LogP) is 3.42. The number of benzene rings is 1. The Hall–Kier alpha value is -2.22. The van der Waals surface area contributed by atoms with E-state index in [1.54, 1.807) is 13.8 Å². The number of fused-ring (bicyclic) bond motifs is 1. The van der Waals surface area contributed by atoms with Gasteiger partial charge in [-0.1, -0.05) is 0 Å². The summed E-state index contributed by atoms with van der Waals surface area (Å²) in [4.78, 5) is 29.1. The molecule has 0 spiro atoms. The van der Waals surface area contributed by atoms with E-state index in [0.717, 1.165) is 13.2 Å². The molecule has 0 N–H and O–H groups in total. The summed E-state index contributed by atoms with van der Waals surface area (Å²) in [7, 11) is 2.34. The van der Waals surface area contributed by atoms with Crippen LogP contribution in [0.2, 0.25) is 0 Å². The normalized spacial score (nSPS) is 15.1. The molecule has 1 aliphatic rings. The van der Waals surface area contributed by atoms with E-state index >= 15 is 0 Å². The van der Waals surface area contributed by atoms with E-state index in [-0.39, 0.29) is 29.7 Å². The molecule has 1 amide bonds. The molecule has 0 atom stereocenters. The van der Waals surface area contributed by atoms with Crippen LogP contribution in [-0.4, -0.2) is 32.4 Å². The van der Waals surface area contributed by atoms with Crippen LogP contribution in [0.15, 0.2) is 12.1 Å². The summed E-state index contributed by atoms with van der Waals surface area (Å²) in [5.41, 5.74) is -0.0752. The van der Waals surface area contributed by atoms with Crippen molar-refractivity contribution in [2.75, 3.05) is 19.3 Å². The van der Waals surface area contributed by atoms with Crippen LogP contribution in [0.25, 0.3) is 0 Å². The molecule has 6 nitrogen and oxygen atoms in total. The molecule has 1 aromatic rings. The molecule has 0 saturated carbocycles. The largest absolute Gasteiger partial charge is 0.465 e. The molecule has 1 aromatic carbocycles. The SMILES string of the molecule is COC(=O)c1cc2c(cc1N(OC)C(=O)OC(C)C)C(F)(F)CC2. The highest BCUT2D eigenvalue weighted by molar-refractivity contribution is 6.00. The van der Waals surface area contributed by atoms with Gasteiger partial charge in [-0.2, -0.15) is 5.06 Å². The highest BCUT2D eigenvalue weighted by Crippen LogP contribution is 2.44. The molecular weight excluding hydrogens is 324 g/mol. The highest BCUT2D eigenvalue weighted by Gasteiger charge is 2.41. The Labute approximate surface area is 138 Å². The lowest BCUT2D eigenvalue weighted by Gasteiger charge is -2.24. The quantitative estimate of drug-likeness (QED) is 0.619. The molecule has 0 aromatic heterocycles. The van der Waals surface area contributed by atoms with Gasteiger partial charge < -0.3 is 9.47 Å². The summed E-state index contributed by atoms with van der Waals surface area (Å²) in [5, 5.41) is 0.668. The van der Waals surface area contributed by atoms with Gasteiger partial charge in [-0.25, -0.2) is 18.4 Å². The number of methoxy groups -OCH3 is 1. The van der Waals surface area contributed by atoms with Crippen molar-refractivity contribution < 1.29 is 32.7 Å². The minimum Gasteiger partial charge on any atom is -0.465 e. The summed E-state index contributed by atoms with van der Waals surface area (Å²) in [6.07, 6.45) is -1.59. The molecule has 0 saturated heterocycles. The average molecular weight is 343 g/mol. The number of alkyl halides is 2. The van der Waals surface area contributed by atoms with Gasteiger partial charge in [-0.15, -0.1) is 0 Å². The molecule has 0 fully saturated rings. The lowest BCUT2D eigenvalue weighted by atomic mass is 10.0. The lowest BCUT2D eigenvalue weighted by molar-refractivity contribution is -0.00197. The molecule has 8 heteroatoms. The zero-order valence-corrected chi connectivity index (χ0v) is 13.9. The maximum absolute atomic E-state index is 14.0. The van der Waals surface area contributed by atoms with E-state index in [4.69, 9.17) is 9.57 Å². The first-order valence-corrected chi connectivity index (χ1v) is 7.39. The van der Waals surface area contributed by atoms with E-state index in [1.807, 2.05) is 0 Å². The molecule has 0 bridgehead atoms. The van der Waals surface area contributed by atoms with Gasteiger partial charge >= 0.3 is 12.1 Å². The van der Waals surface area contributed by atoms with Crippen molar-refractivity contribution >= 4 is 17.7 Å². The molecule has 0 aliphatic heterocycles. The minimum atomic E-state index is -3.03. The third-order valence-corrected chi connectivity index (χ3v) is 3.63. The van der Waals surface area contributed by atoms with Gasteiger partial charge in [0.05, 0.1) is 31.6 Å². The number of carbonyl (C=O) groups excluding carboxylic acids is 2. The van der Waals surface area contributed by atoms with E-state index < -0.39 is 24.1 Å². The molecule has 0 radical (unpaired) electrons. The monoisotopic (exact) mass is 343 g/mol. The summed E-state index contributed by atoms with van der Waals surface area (Å²) >= 11 is 0. The van der Waals surface area contributed by atoms with Crippen molar-refractivity contribution in [3.05, 3.63) is 28.8 Å². The number of carbonyl (C=O) groups is 2. The fraction of sp³-hybridized carbons (Fsp3) is 0.500. The molecule has 2 rings (SSSR count). The minimum absolute atomic E-state index is 0.0449. The number of rotatable bonds is 4. The van der Waals surface area contributed by atoms with Gasteiger partial charge in [0.2, 0.25) is 0 Å². The highest BCUT2D eigenvalue weighted by atomic mass is 19.3. The smallest absolute Gasteiger partial charge is 0.439 e. The zero-order valence-electron chi connectivity index (χ0n) is 13.9. The Kier molecular flexibility index (Phi) is 5.08. The van der Waals surface area contributed by atoms with E-state index in [9.17, 15) is 18.4 Å². The third kappa shape index (κ3) is 3.33. The molecule has 0 unspecified atom stereocenters. The van der Waals surface area contributed by atoms with Gasteiger partial charge in [0, 0.05) is 12.0 Å². The van der Waals surface area contributed by atoms with Gasteiger partial charge in [-0.3, -0.25) is 4.84 Å². The van der Waals surface area contributed by atoms with Crippen LogP contribution in [0.1, 0.15) is 41.8 Å². The van der Waals surface area contributed by atoms with Crippen LogP contribution in [-0.2, 0) is 26.7 Å². The third-order valence-electron chi connectivity index (χ3n) is 3.63. The van der Waals surface area contributed by atoms with Crippen molar-refractivity contribution in [3.63, 3.8) is 0 Å². The summed E-state index contributed by atoms with van der Waals surface area (Å²) in [5.74, 6) is -3.79. The summed E-state index contributed by atoms with van der Waals surface area (Å²) in [6.45, 7) is 3.26. The molecule has 24 heavy (non-hydrogen) atoms. The van der Waals surface area contributed by atoms with Crippen LogP contribution in [0.3, 0.4) is 0 Å². The number of halogens is 2. The predicted molar refractivity (Wildman–Crippen MR) is 81.1 cm³/mol.